The Morgan fingerprint density at radius 2 is 1.61 bits per heavy atom. The van der Waals surface area contributed by atoms with E-state index in [1.165, 1.54) is 12.1 Å². The Hall–Kier alpha value is -2.71. The number of nitrogens with one attached hydrogen (secondary N) is 1. The summed E-state index contributed by atoms with van der Waals surface area (Å²) in [7, 11) is -3.56. The summed E-state index contributed by atoms with van der Waals surface area (Å²) in [6, 6.07) is 16.0. The molecule has 2 aromatic rings. The first kappa shape index (κ1) is 23.4. The zero-order valence-electron chi connectivity index (χ0n) is 19.1. The largest absolute Gasteiger partial charge is 0.338 e. The van der Waals surface area contributed by atoms with Crippen LogP contribution >= 0.6 is 0 Å². The lowest BCUT2D eigenvalue weighted by Gasteiger charge is -2.34. The van der Waals surface area contributed by atoms with Crippen molar-refractivity contribution in [2.45, 2.75) is 38.1 Å². The molecule has 2 heterocycles. The zero-order chi connectivity index (χ0) is 23.6. The molecule has 7 nitrogen and oxygen atoms in total. The molecular weight excluding hydrogens is 438 g/mol. The number of amides is 2. The van der Waals surface area contributed by atoms with Gasteiger partial charge in [-0.25, -0.2) is 8.42 Å². The SMILES string of the molecule is C[C@@H]1C[C@H](C)CN(S(=O)(=O)c2ccc(NC(=O)[C@@H]3CC(=O)N(Cc4ccccc4)C3)cc2)C1. The fourth-order valence-electron chi connectivity index (χ4n) is 4.81. The van der Waals surface area contributed by atoms with Gasteiger partial charge in [-0.15, -0.1) is 0 Å². The summed E-state index contributed by atoms with van der Waals surface area (Å²) in [4.78, 5) is 27.0. The van der Waals surface area contributed by atoms with Crippen molar-refractivity contribution in [3.05, 3.63) is 60.2 Å². The molecule has 0 aliphatic carbocycles. The molecule has 2 amide bonds. The molecule has 33 heavy (non-hydrogen) atoms. The van der Waals surface area contributed by atoms with E-state index in [1.54, 1.807) is 21.3 Å². The van der Waals surface area contributed by atoms with Gasteiger partial charge in [-0.2, -0.15) is 4.31 Å². The predicted molar refractivity (Wildman–Crippen MR) is 127 cm³/mol. The number of rotatable bonds is 6. The molecule has 4 rings (SSSR count). The van der Waals surface area contributed by atoms with Crippen LogP contribution in [0.3, 0.4) is 0 Å². The lowest BCUT2D eigenvalue weighted by Crippen LogP contribution is -2.42. The van der Waals surface area contributed by atoms with Crippen molar-refractivity contribution in [2.75, 3.05) is 25.0 Å². The molecule has 0 aromatic heterocycles. The Bertz CT molecular complexity index is 1090. The minimum atomic E-state index is -3.56. The van der Waals surface area contributed by atoms with E-state index >= 15 is 0 Å². The number of hydrogen-bond donors (Lipinski definition) is 1. The summed E-state index contributed by atoms with van der Waals surface area (Å²) < 4.78 is 27.6. The van der Waals surface area contributed by atoms with Crippen LogP contribution in [0.1, 0.15) is 32.3 Å². The minimum Gasteiger partial charge on any atom is -0.338 e. The Morgan fingerprint density at radius 1 is 0.970 bits per heavy atom. The monoisotopic (exact) mass is 469 g/mol. The van der Waals surface area contributed by atoms with Crippen LogP contribution in [0.4, 0.5) is 5.69 Å². The molecule has 1 N–H and O–H groups in total. The third-order valence-electron chi connectivity index (χ3n) is 6.40. The van der Waals surface area contributed by atoms with Crippen molar-refractivity contribution >= 4 is 27.5 Å². The molecule has 3 atom stereocenters. The van der Waals surface area contributed by atoms with Gasteiger partial charge in [0.2, 0.25) is 21.8 Å². The second kappa shape index (κ2) is 9.65. The quantitative estimate of drug-likeness (QED) is 0.703. The molecule has 8 heteroatoms. The molecule has 176 valence electrons. The molecule has 0 spiro atoms. The minimum absolute atomic E-state index is 0.0366. The fraction of sp³-hybridized carbons (Fsp3) is 0.440. The smallest absolute Gasteiger partial charge is 0.243 e. The van der Waals surface area contributed by atoms with Crippen molar-refractivity contribution in [1.82, 2.24) is 9.21 Å². The highest BCUT2D eigenvalue weighted by atomic mass is 32.2. The predicted octanol–water partition coefficient (Wildman–Crippen LogP) is 3.34. The van der Waals surface area contributed by atoms with E-state index < -0.39 is 15.9 Å². The van der Waals surface area contributed by atoms with Crippen LogP contribution in [0.25, 0.3) is 0 Å². The number of sulfonamides is 1. The summed E-state index contributed by atoms with van der Waals surface area (Å²) in [5.74, 6) is -0.0325. The molecule has 2 aromatic carbocycles. The van der Waals surface area contributed by atoms with E-state index in [0.29, 0.717) is 43.7 Å². The topological polar surface area (TPSA) is 86.8 Å². The van der Waals surface area contributed by atoms with E-state index in [-0.39, 0.29) is 23.1 Å². The first-order valence-electron chi connectivity index (χ1n) is 11.4. The van der Waals surface area contributed by atoms with Crippen LogP contribution < -0.4 is 5.32 Å². The third kappa shape index (κ3) is 5.45. The second-order valence-electron chi connectivity index (χ2n) is 9.44. The molecule has 0 bridgehead atoms. The molecule has 0 unspecified atom stereocenters. The summed E-state index contributed by atoms with van der Waals surface area (Å²) in [6.45, 7) is 6.07. The van der Waals surface area contributed by atoms with E-state index in [2.05, 4.69) is 19.2 Å². The van der Waals surface area contributed by atoms with Gasteiger partial charge < -0.3 is 10.2 Å². The van der Waals surface area contributed by atoms with Crippen LogP contribution in [0.15, 0.2) is 59.5 Å². The molecule has 0 saturated carbocycles. The van der Waals surface area contributed by atoms with E-state index in [9.17, 15) is 18.0 Å². The molecule has 2 fully saturated rings. The summed E-state index contributed by atoms with van der Waals surface area (Å²) in [5, 5.41) is 2.83. The lowest BCUT2D eigenvalue weighted by molar-refractivity contribution is -0.128. The molecule has 2 saturated heterocycles. The van der Waals surface area contributed by atoms with Gasteiger partial charge in [0.05, 0.1) is 10.8 Å². The maximum Gasteiger partial charge on any atom is 0.243 e. The van der Waals surface area contributed by atoms with Crippen LogP contribution in [0, 0.1) is 17.8 Å². The number of piperidine rings is 1. The number of hydrogen-bond acceptors (Lipinski definition) is 4. The van der Waals surface area contributed by atoms with Gasteiger partial charge in [0.15, 0.2) is 0 Å². The first-order chi connectivity index (χ1) is 15.7. The highest BCUT2D eigenvalue weighted by molar-refractivity contribution is 7.89. The zero-order valence-corrected chi connectivity index (χ0v) is 19.9. The van der Waals surface area contributed by atoms with E-state index in [4.69, 9.17) is 0 Å². The Balaban J connectivity index is 1.37. The van der Waals surface area contributed by atoms with Gasteiger partial charge in [-0.1, -0.05) is 44.2 Å². The van der Waals surface area contributed by atoms with E-state index in [1.807, 2.05) is 30.3 Å². The number of carbonyl (C=O) groups is 2. The molecule has 2 aliphatic heterocycles. The Labute approximate surface area is 195 Å². The molecule has 0 radical (unpaired) electrons. The summed E-state index contributed by atoms with van der Waals surface area (Å²) in [5.41, 5.74) is 1.55. The van der Waals surface area contributed by atoms with Gasteiger partial charge in [-0.05, 0) is 48.1 Å². The molecule has 2 aliphatic rings. The van der Waals surface area contributed by atoms with Crippen LogP contribution in [-0.4, -0.2) is 49.1 Å². The average molecular weight is 470 g/mol. The Kier molecular flexibility index (Phi) is 6.86. The van der Waals surface area contributed by atoms with Gasteiger partial charge in [0, 0.05) is 38.3 Å². The Morgan fingerprint density at radius 3 is 2.24 bits per heavy atom. The van der Waals surface area contributed by atoms with E-state index in [0.717, 1.165) is 12.0 Å². The number of anilines is 1. The number of carbonyl (C=O) groups excluding carboxylic acids is 2. The van der Waals surface area contributed by atoms with Gasteiger partial charge in [-0.3, -0.25) is 9.59 Å². The van der Waals surface area contributed by atoms with Crippen molar-refractivity contribution in [1.29, 1.82) is 0 Å². The average Bonchev–Trinajstić information content (AvgIpc) is 3.14. The number of benzene rings is 2. The first-order valence-corrected chi connectivity index (χ1v) is 12.9. The standard InChI is InChI=1S/C25H31N3O4S/c1-18-12-19(2)15-28(14-18)33(31,32)23-10-8-22(9-11-23)26-25(30)21-13-24(29)27(17-21)16-20-6-4-3-5-7-20/h3-11,18-19,21H,12-17H2,1-2H3,(H,26,30)/t18-,19+,21-/m1/s1. The summed E-state index contributed by atoms with van der Waals surface area (Å²) in [6.07, 6.45) is 1.21. The van der Waals surface area contributed by atoms with Gasteiger partial charge >= 0.3 is 0 Å². The third-order valence-corrected chi connectivity index (χ3v) is 8.24. The van der Waals surface area contributed by atoms with Crippen LogP contribution in [0.2, 0.25) is 0 Å². The normalized spacial score (nSPS) is 24.1. The fourth-order valence-corrected chi connectivity index (χ4v) is 6.49. The van der Waals surface area contributed by atoms with Gasteiger partial charge in [0.25, 0.3) is 0 Å². The van der Waals surface area contributed by atoms with Crippen molar-refractivity contribution in [3.8, 4) is 0 Å². The summed E-state index contributed by atoms with van der Waals surface area (Å²) >= 11 is 0. The van der Waals surface area contributed by atoms with Crippen molar-refractivity contribution in [3.63, 3.8) is 0 Å². The van der Waals surface area contributed by atoms with Crippen molar-refractivity contribution < 1.29 is 18.0 Å². The maximum absolute atomic E-state index is 13.0. The number of nitrogens with zero attached hydrogens (tertiary/aromatic N) is 2. The highest BCUT2D eigenvalue weighted by Crippen LogP contribution is 2.28. The second-order valence-corrected chi connectivity index (χ2v) is 11.4. The highest BCUT2D eigenvalue weighted by Gasteiger charge is 2.35. The van der Waals surface area contributed by atoms with Crippen LogP contribution in [-0.2, 0) is 26.2 Å². The maximum atomic E-state index is 13.0. The van der Waals surface area contributed by atoms with Crippen molar-refractivity contribution in [2.24, 2.45) is 17.8 Å². The molecular formula is C25H31N3O4S. The number of likely N-dealkylation sites (tertiary alicyclic amines) is 1. The lowest BCUT2D eigenvalue weighted by atomic mass is 9.94. The van der Waals surface area contributed by atoms with Gasteiger partial charge in [0.1, 0.15) is 0 Å². The van der Waals surface area contributed by atoms with Crippen LogP contribution in [0.5, 0.6) is 0 Å².